The first-order valence-electron chi connectivity index (χ1n) is 8.24. The molecule has 5 nitrogen and oxygen atoms in total. The Kier molecular flexibility index (Phi) is 5.26. The smallest absolute Gasteiger partial charge is 0.261 e. The van der Waals surface area contributed by atoms with Gasteiger partial charge in [-0.3, -0.25) is 9.36 Å². The normalized spacial score (nSPS) is 11.3. The molecule has 1 heterocycles. The summed E-state index contributed by atoms with van der Waals surface area (Å²) >= 11 is 0. The third kappa shape index (κ3) is 3.78. The van der Waals surface area contributed by atoms with Gasteiger partial charge in [0.25, 0.3) is 5.56 Å². The minimum Gasteiger partial charge on any atom is -0.497 e. The van der Waals surface area contributed by atoms with Crippen molar-refractivity contribution < 1.29 is 4.74 Å². The number of methoxy groups -OCH3 is 1. The van der Waals surface area contributed by atoms with Crippen molar-refractivity contribution in [3.63, 3.8) is 0 Å². The number of ether oxygens (including phenoxy) is 1. The number of aromatic nitrogens is 2. The molecule has 3 rings (SSSR count). The van der Waals surface area contributed by atoms with Gasteiger partial charge in [-0.2, -0.15) is 0 Å². The van der Waals surface area contributed by atoms with E-state index in [2.05, 4.69) is 4.98 Å². The first kappa shape index (κ1) is 16.9. The van der Waals surface area contributed by atoms with Gasteiger partial charge >= 0.3 is 0 Å². The second-order valence-electron chi connectivity index (χ2n) is 5.70. The number of benzene rings is 2. The first-order chi connectivity index (χ1) is 12.2. The highest BCUT2D eigenvalue weighted by atomic mass is 16.5. The summed E-state index contributed by atoms with van der Waals surface area (Å²) in [6, 6.07) is 15.3. The molecule has 0 aliphatic rings. The Morgan fingerprint density at radius 2 is 1.96 bits per heavy atom. The molecule has 0 radical (unpaired) electrons. The van der Waals surface area contributed by atoms with Crippen LogP contribution in [0.2, 0.25) is 0 Å². The highest BCUT2D eigenvalue weighted by Crippen LogP contribution is 2.18. The fraction of sp³-hybridized carbons (Fsp3) is 0.200. The lowest BCUT2D eigenvalue weighted by molar-refractivity contribution is 0.415. The van der Waals surface area contributed by atoms with E-state index < -0.39 is 0 Å². The van der Waals surface area contributed by atoms with Gasteiger partial charge in [-0.1, -0.05) is 36.4 Å². The highest BCUT2D eigenvalue weighted by Gasteiger charge is 2.10. The van der Waals surface area contributed by atoms with Gasteiger partial charge in [-0.05, 0) is 42.8 Å². The van der Waals surface area contributed by atoms with E-state index in [9.17, 15) is 4.79 Å². The van der Waals surface area contributed by atoms with E-state index in [0.717, 1.165) is 5.56 Å². The molecule has 0 spiro atoms. The van der Waals surface area contributed by atoms with E-state index >= 15 is 0 Å². The Morgan fingerprint density at radius 1 is 1.16 bits per heavy atom. The molecule has 0 unspecified atom stereocenters. The predicted octanol–water partition coefficient (Wildman–Crippen LogP) is 2.92. The maximum absolute atomic E-state index is 12.9. The summed E-state index contributed by atoms with van der Waals surface area (Å²) in [7, 11) is 1.58. The van der Waals surface area contributed by atoms with Crippen LogP contribution in [-0.2, 0) is 6.54 Å². The van der Waals surface area contributed by atoms with Crippen LogP contribution in [0.5, 0.6) is 5.75 Å². The molecule has 0 bridgehead atoms. The molecule has 0 saturated heterocycles. The van der Waals surface area contributed by atoms with Crippen LogP contribution in [0.15, 0.2) is 53.3 Å². The lowest BCUT2D eigenvalue weighted by atomic mass is 10.2. The Bertz CT molecular complexity index is 946. The molecular formula is C20H21N3O2. The van der Waals surface area contributed by atoms with Gasteiger partial charge in [0.15, 0.2) is 0 Å². The van der Waals surface area contributed by atoms with Crippen molar-refractivity contribution >= 4 is 23.1 Å². The zero-order chi connectivity index (χ0) is 17.6. The zero-order valence-electron chi connectivity index (χ0n) is 14.2. The van der Waals surface area contributed by atoms with Crippen molar-refractivity contribution in [2.75, 3.05) is 13.7 Å². The molecule has 0 amide bonds. The predicted molar refractivity (Wildman–Crippen MR) is 102 cm³/mol. The van der Waals surface area contributed by atoms with Gasteiger partial charge in [0.05, 0.1) is 18.0 Å². The van der Waals surface area contributed by atoms with Crippen LogP contribution >= 0.6 is 0 Å². The van der Waals surface area contributed by atoms with Crippen LogP contribution in [0.1, 0.15) is 17.8 Å². The Hall–Kier alpha value is -2.92. The number of nitrogens with two attached hydrogens (primary N) is 1. The molecule has 2 aromatic carbocycles. The first-order valence-corrected chi connectivity index (χ1v) is 8.24. The van der Waals surface area contributed by atoms with Crippen molar-refractivity contribution in [2.24, 2.45) is 5.73 Å². The summed E-state index contributed by atoms with van der Waals surface area (Å²) in [6.07, 6.45) is 4.54. The minimum absolute atomic E-state index is 0.0786. The van der Waals surface area contributed by atoms with E-state index in [4.69, 9.17) is 10.5 Å². The van der Waals surface area contributed by atoms with Crippen molar-refractivity contribution in [2.45, 2.75) is 13.0 Å². The molecule has 25 heavy (non-hydrogen) atoms. The average Bonchev–Trinajstić information content (AvgIpc) is 2.66. The van der Waals surface area contributed by atoms with Gasteiger partial charge in [0.1, 0.15) is 11.6 Å². The van der Waals surface area contributed by atoms with E-state index in [0.29, 0.717) is 42.0 Å². The molecule has 0 aliphatic heterocycles. The van der Waals surface area contributed by atoms with Crippen LogP contribution in [0, 0.1) is 0 Å². The van der Waals surface area contributed by atoms with Gasteiger partial charge in [-0.25, -0.2) is 4.98 Å². The molecule has 0 aliphatic carbocycles. The number of fused-ring (bicyclic) bond motifs is 1. The molecule has 128 valence electrons. The molecule has 0 atom stereocenters. The van der Waals surface area contributed by atoms with E-state index in [1.165, 1.54) is 0 Å². The van der Waals surface area contributed by atoms with E-state index in [-0.39, 0.29) is 5.56 Å². The Balaban J connectivity index is 2.12. The summed E-state index contributed by atoms with van der Waals surface area (Å²) in [5.74, 6) is 1.27. The minimum atomic E-state index is -0.0786. The van der Waals surface area contributed by atoms with Crippen LogP contribution in [0.4, 0.5) is 0 Å². The van der Waals surface area contributed by atoms with Crippen molar-refractivity contribution in [1.29, 1.82) is 0 Å². The number of hydrogen-bond donors (Lipinski definition) is 1. The quantitative estimate of drug-likeness (QED) is 0.752. The molecule has 0 saturated carbocycles. The van der Waals surface area contributed by atoms with Crippen molar-refractivity contribution in [3.05, 3.63) is 70.3 Å². The molecule has 5 heteroatoms. The van der Waals surface area contributed by atoms with Crippen molar-refractivity contribution in [1.82, 2.24) is 9.55 Å². The van der Waals surface area contributed by atoms with Gasteiger partial charge in [0.2, 0.25) is 0 Å². The second kappa shape index (κ2) is 7.77. The second-order valence-corrected chi connectivity index (χ2v) is 5.70. The fourth-order valence-electron chi connectivity index (χ4n) is 2.67. The van der Waals surface area contributed by atoms with E-state index in [1.807, 2.05) is 54.6 Å². The molecule has 0 fully saturated rings. The topological polar surface area (TPSA) is 70.1 Å². The maximum atomic E-state index is 12.9. The fourth-order valence-corrected chi connectivity index (χ4v) is 2.67. The summed E-state index contributed by atoms with van der Waals surface area (Å²) < 4.78 is 6.90. The standard InChI is InChI=1S/C20H21N3O2/c1-25-16-9-10-18-17(14-16)20(24)23(13-5-12-21)19(22-18)11-8-15-6-3-2-4-7-15/h2-4,6-11,14H,5,12-13,21H2,1H3/b11-8+. The van der Waals surface area contributed by atoms with Gasteiger partial charge in [-0.15, -0.1) is 0 Å². The average molecular weight is 335 g/mol. The maximum Gasteiger partial charge on any atom is 0.261 e. The SMILES string of the molecule is COc1ccc2nc(/C=C/c3ccccc3)n(CCCN)c(=O)c2c1. The summed E-state index contributed by atoms with van der Waals surface area (Å²) in [6.45, 7) is 1.05. The van der Waals surface area contributed by atoms with Gasteiger partial charge in [0, 0.05) is 6.54 Å². The molecule has 2 N–H and O–H groups in total. The third-order valence-corrected chi connectivity index (χ3v) is 4.00. The lowest BCUT2D eigenvalue weighted by Crippen LogP contribution is -2.25. The molecular weight excluding hydrogens is 314 g/mol. The van der Waals surface area contributed by atoms with Crippen LogP contribution < -0.4 is 16.0 Å². The summed E-state index contributed by atoms with van der Waals surface area (Å²) in [5, 5.41) is 0.549. The monoisotopic (exact) mass is 335 g/mol. The molecule has 1 aromatic heterocycles. The van der Waals surface area contributed by atoms with Crippen LogP contribution in [0.3, 0.4) is 0 Å². The van der Waals surface area contributed by atoms with Crippen LogP contribution in [0.25, 0.3) is 23.1 Å². The number of nitrogens with zero attached hydrogens (tertiary/aromatic N) is 2. The highest BCUT2D eigenvalue weighted by molar-refractivity contribution is 5.80. The molecule has 3 aromatic rings. The van der Waals surface area contributed by atoms with Crippen molar-refractivity contribution in [3.8, 4) is 5.75 Å². The third-order valence-electron chi connectivity index (χ3n) is 4.00. The zero-order valence-corrected chi connectivity index (χ0v) is 14.2. The lowest BCUT2D eigenvalue weighted by Gasteiger charge is -2.11. The summed E-state index contributed by atoms with van der Waals surface area (Å²) in [5.41, 5.74) is 7.26. The Labute approximate surface area is 146 Å². The largest absolute Gasteiger partial charge is 0.497 e. The van der Waals surface area contributed by atoms with Crippen LogP contribution in [-0.4, -0.2) is 23.2 Å². The summed E-state index contributed by atoms with van der Waals surface area (Å²) in [4.78, 5) is 17.6. The van der Waals surface area contributed by atoms with E-state index in [1.54, 1.807) is 17.7 Å². The Morgan fingerprint density at radius 3 is 2.68 bits per heavy atom. The number of rotatable bonds is 6. The number of hydrogen-bond acceptors (Lipinski definition) is 4. The van der Waals surface area contributed by atoms with Gasteiger partial charge < -0.3 is 10.5 Å².